The quantitative estimate of drug-likeness (QED) is 0.769. The van der Waals surface area contributed by atoms with E-state index in [9.17, 15) is 9.59 Å². The van der Waals surface area contributed by atoms with Gasteiger partial charge in [-0.05, 0) is 25.0 Å². The average molecular weight is 385 g/mol. The first kappa shape index (κ1) is 18.3. The van der Waals surface area contributed by atoms with E-state index in [1.165, 1.54) is 7.11 Å². The Kier molecular flexibility index (Phi) is 4.89. The summed E-state index contributed by atoms with van der Waals surface area (Å²) in [6.45, 7) is 2.58. The molecule has 0 bridgehead atoms. The van der Waals surface area contributed by atoms with Gasteiger partial charge in [-0.25, -0.2) is 4.68 Å². The highest BCUT2D eigenvalue weighted by Crippen LogP contribution is 2.29. The van der Waals surface area contributed by atoms with Crippen LogP contribution in [0.5, 0.6) is 11.5 Å². The van der Waals surface area contributed by atoms with E-state index in [4.69, 9.17) is 9.47 Å². The van der Waals surface area contributed by atoms with Gasteiger partial charge in [0.05, 0.1) is 32.0 Å². The molecule has 0 unspecified atom stereocenters. The van der Waals surface area contributed by atoms with Crippen LogP contribution in [0.4, 0.5) is 0 Å². The fourth-order valence-electron chi connectivity index (χ4n) is 3.57. The normalized spacial score (nSPS) is 16.8. The number of benzene rings is 1. The molecule has 2 aromatic rings. The smallest absolute Gasteiger partial charge is 0.276 e. The molecule has 9 heteroatoms. The molecule has 0 saturated carbocycles. The zero-order valence-corrected chi connectivity index (χ0v) is 16.0. The molecule has 2 aliphatic heterocycles. The molecule has 3 heterocycles. The van der Waals surface area contributed by atoms with Crippen LogP contribution in [0.25, 0.3) is 0 Å². The van der Waals surface area contributed by atoms with Crippen molar-refractivity contribution in [3.05, 3.63) is 35.7 Å². The van der Waals surface area contributed by atoms with Gasteiger partial charge < -0.3 is 19.3 Å². The molecule has 0 spiro atoms. The Labute approximate surface area is 162 Å². The summed E-state index contributed by atoms with van der Waals surface area (Å²) in [5.41, 5.74) is 0.855. The largest absolute Gasteiger partial charge is 0.497 e. The van der Waals surface area contributed by atoms with Crippen LogP contribution in [0.3, 0.4) is 0 Å². The molecule has 2 saturated heterocycles. The number of aromatic nitrogens is 3. The Morgan fingerprint density at radius 2 is 1.79 bits per heavy atom. The van der Waals surface area contributed by atoms with Crippen molar-refractivity contribution in [1.82, 2.24) is 24.8 Å². The van der Waals surface area contributed by atoms with Crippen molar-refractivity contribution in [2.75, 3.05) is 40.4 Å². The monoisotopic (exact) mass is 385 g/mol. The van der Waals surface area contributed by atoms with Crippen molar-refractivity contribution in [3.8, 4) is 11.5 Å². The molecule has 0 aliphatic carbocycles. The van der Waals surface area contributed by atoms with Gasteiger partial charge in [0, 0.05) is 32.2 Å². The van der Waals surface area contributed by atoms with Crippen LogP contribution < -0.4 is 9.47 Å². The summed E-state index contributed by atoms with van der Waals surface area (Å²) >= 11 is 0. The molecule has 0 atom stereocenters. The number of carbonyl (C=O) groups is 2. The summed E-state index contributed by atoms with van der Waals surface area (Å²) in [7, 11) is 3.09. The standard InChI is InChI=1S/C19H23N5O4/c1-27-14-5-6-15(17(9-14)28-2)18(25)23-10-13(11-23)24-12-16(20-21-24)19(26)22-7-3-4-8-22/h5-6,9,12-13H,3-4,7-8,10-11H2,1-2H3. The zero-order chi connectivity index (χ0) is 19.7. The van der Waals surface area contributed by atoms with Crippen molar-refractivity contribution in [3.63, 3.8) is 0 Å². The van der Waals surface area contributed by atoms with E-state index < -0.39 is 0 Å². The van der Waals surface area contributed by atoms with Crippen molar-refractivity contribution in [1.29, 1.82) is 0 Å². The number of likely N-dealkylation sites (tertiary alicyclic amines) is 2. The maximum absolute atomic E-state index is 12.8. The molecular weight excluding hydrogens is 362 g/mol. The minimum atomic E-state index is -0.107. The third-order valence-electron chi connectivity index (χ3n) is 5.29. The molecule has 1 aromatic carbocycles. The van der Waals surface area contributed by atoms with Crippen LogP contribution in [0.1, 0.15) is 39.7 Å². The Morgan fingerprint density at radius 1 is 1.04 bits per heavy atom. The van der Waals surface area contributed by atoms with E-state index in [1.54, 1.807) is 46.0 Å². The van der Waals surface area contributed by atoms with E-state index in [2.05, 4.69) is 10.3 Å². The van der Waals surface area contributed by atoms with Crippen LogP contribution in [0, 0.1) is 0 Å². The highest BCUT2D eigenvalue weighted by molar-refractivity contribution is 5.97. The summed E-state index contributed by atoms with van der Waals surface area (Å²) in [5, 5.41) is 8.12. The fraction of sp³-hybridized carbons (Fsp3) is 0.474. The molecule has 9 nitrogen and oxygen atoms in total. The van der Waals surface area contributed by atoms with Crippen molar-refractivity contribution in [2.24, 2.45) is 0 Å². The topological polar surface area (TPSA) is 89.8 Å². The molecule has 0 radical (unpaired) electrons. The molecule has 0 N–H and O–H groups in total. The maximum atomic E-state index is 12.8. The number of hydrogen-bond donors (Lipinski definition) is 0. The summed E-state index contributed by atoms with van der Waals surface area (Å²) in [5.74, 6) is 0.933. The Bertz CT molecular complexity index is 884. The van der Waals surface area contributed by atoms with Crippen LogP contribution >= 0.6 is 0 Å². The van der Waals surface area contributed by atoms with E-state index in [1.807, 2.05) is 0 Å². The second kappa shape index (κ2) is 7.49. The predicted molar refractivity (Wildman–Crippen MR) is 99.6 cm³/mol. The minimum absolute atomic E-state index is 0.0146. The van der Waals surface area contributed by atoms with Crippen LogP contribution in [0.2, 0.25) is 0 Å². The van der Waals surface area contributed by atoms with Gasteiger partial charge in [0.2, 0.25) is 0 Å². The molecule has 2 fully saturated rings. The minimum Gasteiger partial charge on any atom is -0.497 e. The molecule has 148 valence electrons. The molecule has 1 aromatic heterocycles. The summed E-state index contributed by atoms with van der Waals surface area (Å²) in [4.78, 5) is 28.7. The maximum Gasteiger partial charge on any atom is 0.276 e. The first-order valence-corrected chi connectivity index (χ1v) is 9.33. The van der Waals surface area contributed by atoms with Gasteiger partial charge in [0.15, 0.2) is 5.69 Å². The summed E-state index contributed by atoms with van der Waals surface area (Å²) in [6.07, 6.45) is 3.75. The molecular formula is C19H23N5O4. The lowest BCUT2D eigenvalue weighted by Crippen LogP contribution is -2.51. The Hall–Kier alpha value is -3.10. The van der Waals surface area contributed by atoms with E-state index in [0.29, 0.717) is 35.8 Å². The lowest BCUT2D eigenvalue weighted by atomic mass is 10.1. The van der Waals surface area contributed by atoms with Crippen LogP contribution in [-0.4, -0.2) is 77.0 Å². The highest BCUT2D eigenvalue weighted by Gasteiger charge is 2.35. The van der Waals surface area contributed by atoms with Gasteiger partial charge >= 0.3 is 0 Å². The van der Waals surface area contributed by atoms with Crippen molar-refractivity contribution >= 4 is 11.8 Å². The number of ether oxygens (including phenoxy) is 2. The zero-order valence-electron chi connectivity index (χ0n) is 16.0. The van der Waals surface area contributed by atoms with Gasteiger partial charge in [-0.1, -0.05) is 5.21 Å². The number of amides is 2. The number of carbonyl (C=O) groups excluding carboxylic acids is 2. The third kappa shape index (κ3) is 3.28. The molecule has 2 aliphatic rings. The second-order valence-corrected chi connectivity index (χ2v) is 7.01. The third-order valence-corrected chi connectivity index (χ3v) is 5.29. The number of rotatable bonds is 5. The lowest BCUT2D eigenvalue weighted by Gasteiger charge is -2.39. The Balaban J connectivity index is 1.39. The fourth-order valence-corrected chi connectivity index (χ4v) is 3.57. The van der Waals surface area contributed by atoms with Gasteiger partial charge in [-0.3, -0.25) is 9.59 Å². The second-order valence-electron chi connectivity index (χ2n) is 7.01. The highest BCUT2D eigenvalue weighted by atomic mass is 16.5. The first-order chi connectivity index (χ1) is 13.6. The van der Waals surface area contributed by atoms with Crippen molar-refractivity contribution in [2.45, 2.75) is 18.9 Å². The van der Waals surface area contributed by atoms with E-state index in [-0.39, 0.29) is 17.9 Å². The van der Waals surface area contributed by atoms with Gasteiger partial charge in [0.1, 0.15) is 11.5 Å². The number of hydrogen-bond acceptors (Lipinski definition) is 6. The van der Waals surface area contributed by atoms with Crippen LogP contribution in [0.15, 0.2) is 24.4 Å². The van der Waals surface area contributed by atoms with E-state index >= 15 is 0 Å². The summed E-state index contributed by atoms with van der Waals surface area (Å²) in [6, 6.07) is 5.15. The van der Waals surface area contributed by atoms with Gasteiger partial charge in [0.25, 0.3) is 11.8 Å². The first-order valence-electron chi connectivity index (χ1n) is 9.33. The summed E-state index contributed by atoms with van der Waals surface area (Å²) < 4.78 is 12.2. The molecule has 2 amide bonds. The number of methoxy groups -OCH3 is 2. The molecule has 4 rings (SSSR count). The SMILES string of the molecule is COc1ccc(C(=O)N2CC(n3cc(C(=O)N4CCCC4)nn3)C2)c(OC)c1. The number of nitrogens with zero attached hydrogens (tertiary/aromatic N) is 5. The van der Waals surface area contributed by atoms with Gasteiger partial charge in [-0.15, -0.1) is 5.10 Å². The van der Waals surface area contributed by atoms with Crippen molar-refractivity contribution < 1.29 is 19.1 Å². The lowest BCUT2D eigenvalue weighted by molar-refractivity contribution is 0.0494. The predicted octanol–water partition coefficient (Wildman–Crippen LogP) is 1.23. The molecule has 28 heavy (non-hydrogen) atoms. The van der Waals surface area contributed by atoms with Crippen LogP contribution in [-0.2, 0) is 0 Å². The average Bonchev–Trinajstić information content (AvgIpc) is 3.38. The van der Waals surface area contributed by atoms with Gasteiger partial charge in [-0.2, -0.15) is 0 Å². The van der Waals surface area contributed by atoms with E-state index in [0.717, 1.165) is 25.9 Å². The Morgan fingerprint density at radius 3 is 2.46 bits per heavy atom.